The van der Waals surface area contributed by atoms with Crippen molar-refractivity contribution < 1.29 is 22.3 Å². The topological polar surface area (TPSA) is 15.7 Å². The lowest BCUT2D eigenvalue weighted by atomic mass is 10.2. The highest BCUT2D eigenvalue weighted by atomic mass is 19.4. The Labute approximate surface area is 120 Å². The summed E-state index contributed by atoms with van der Waals surface area (Å²) in [6, 6.07) is 3.79. The van der Waals surface area contributed by atoms with Gasteiger partial charge >= 0.3 is 6.36 Å². The summed E-state index contributed by atoms with van der Waals surface area (Å²) in [5, 5.41) is 0. The molecule has 1 aromatic rings. The average molecular weight is 304 g/mol. The zero-order chi connectivity index (χ0) is 15.5. The van der Waals surface area contributed by atoms with E-state index in [1.807, 2.05) is 0 Å². The monoisotopic (exact) mass is 304 g/mol. The lowest BCUT2D eigenvalue weighted by Gasteiger charge is -2.35. The van der Waals surface area contributed by atoms with Crippen molar-refractivity contribution in [1.29, 1.82) is 0 Å². The lowest BCUT2D eigenvalue weighted by Crippen LogP contribution is -2.46. The molecule has 0 unspecified atom stereocenters. The number of piperazine rings is 1. The molecule has 2 rings (SSSR count). The van der Waals surface area contributed by atoms with E-state index in [-0.39, 0.29) is 5.69 Å². The minimum Gasteiger partial charge on any atom is -0.403 e. The van der Waals surface area contributed by atoms with Gasteiger partial charge in [-0.05, 0) is 12.1 Å². The van der Waals surface area contributed by atoms with Gasteiger partial charge in [0, 0.05) is 32.7 Å². The third-order valence-electron chi connectivity index (χ3n) is 3.27. The van der Waals surface area contributed by atoms with Crippen LogP contribution in [0.3, 0.4) is 0 Å². The Balaban J connectivity index is 2.11. The predicted molar refractivity (Wildman–Crippen MR) is 71.9 cm³/mol. The minimum absolute atomic E-state index is 0.134. The van der Waals surface area contributed by atoms with Crippen LogP contribution in [0.15, 0.2) is 30.9 Å². The molecule has 0 aliphatic carbocycles. The maximum Gasteiger partial charge on any atom is 0.573 e. The van der Waals surface area contributed by atoms with E-state index in [0.29, 0.717) is 26.2 Å². The number of ether oxygens (including phenoxy) is 1. The third-order valence-corrected chi connectivity index (χ3v) is 3.27. The summed E-state index contributed by atoms with van der Waals surface area (Å²) in [5.74, 6) is -1.78. The van der Waals surface area contributed by atoms with Crippen molar-refractivity contribution in [2.45, 2.75) is 6.36 Å². The molecule has 116 valence electrons. The first kappa shape index (κ1) is 15.6. The van der Waals surface area contributed by atoms with Gasteiger partial charge in [-0.25, -0.2) is 4.39 Å². The van der Waals surface area contributed by atoms with E-state index in [1.165, 1.54) is 12.1 Å². The van der Waals surface area contributed by atoms with Gasteiger partial charge in [-0.1, -0.05) is 12.1 Å². The van der Waals surface area contributed by atoms with E-state index in [0.717, 1.165) is 12.6 Å². The van der Waals surface area contributed by atoms with Crippen LogP contribution in [0.25, 0.3) is 0 Å². The maximum atomic E-state index is 14.1. The van der Waals surface area contributed by atoms with Crippen LogP contribution in [0.4, 0.5) is 23.2 Å². The fourth-order valence-electron chi connectivity index (χ4n) is 2.30. The summed E-state index contributed by atoms with van der Waals surface area (Å²) >= 11 is 0. The molecular weight excluding hydrogens is 288 g/mol. The van der Waals surface area contributed by atoms with Crippen LogP contribution in [-0.2, 0) is 0 Å². The second-order valence-corrected chi connectivity index (χ2v) is 4.71. The Morgan fingerprint density at radius 2 is 1.86 bits per heavy atom. The van der Waals surface area contributed by atoms with Gasteiger partial charge in [-0.15, -0.1) is 19.8 Å². The van der Waals surface area contributed by atoms with Crippen molar-refractivity contribution in [2.75, 3.05) is 37.6 Å². The molecule has 1 saturated heterocycles. The van der Waals surface area contributed by atoms with Gasteiger partial charge in [0.15, 0.2) is 11.6 Å². The Morgan fingerprint density at radius 3 is 2.43 bits per heavy atom. The van der Waals surface area contributed by atoms with Gasteiger partial charge in [0.1, 0.15) is 0 Å². The van der Waals surface area contributed by atoms with E-state index >= 15 is 0 Å². The smallest absolute Gasteiger partial charge is 0.403 e. The number of halogens is 4. The molecule has 1 aliphatic heterocycles. The van der Waals surface area contributed by atoms with Crippen molar-refractivity contribution in [3.8, 4) is 5.75 Å². The molecular formula is C14H16F4N2O. The van der Waals surface area contributed by atoms with E-state index in [2.05, 4.69) is 16.2 Å². The second kappa shape index (κ2) is 6.34. The molecule has 0 amide bonds. The summed E-state index contributed by atoms with van der Waals surface area (Å²) in [4.78, 5) is 3.86. The summed E-state index contributed by atoms with van der Waals surface area (Å²) in [6.07, 6.45) is -3.11. The number of alkyl halides is 3. The van der Waals surface area contributed by atoms with Crippen molar-refractivity contribution in [2.24, 2.45) is 0 Å². The van der Waals surface area contributed by atoms with E-state index < -0.39 is 17.9 Å². The lowest BCUT2D eigenvalue weighted by molar-refractivity contribution is -0.275. The van der Waals surface area contributed by atoms with E-state index in [4.69, 9.17) is 0 Å². The van der Waals surface area contributed by atoms with Gasteiger partial charge in [0.2, 0.25) is 0 Å². The molecule has 0 atom stereocenters. The molecule has 0 spiro atoms. The highest BCUT2D eigenvalue weighted by Gasteiger charge is 2.33. The Kier molecular flexibility index (Phi) is 4.72. The first-order valence-corrected chi connectivity index (χ1v) is 6.53. The summed E-state index contributed by atoms with van der Waals surface area (Å²) in [5.41, 5.74) is 0.134. The average Bonchev–Trinajstić information content (AvgIpc) is 2.41. The standard InChI is InChI=1S/C14H16F4N2O/c1-2-6-19-7-9-20(10-8-19)11-4-3-5-12(13(11)15)21-14(16,17)18/h2-5H,1,6-10H2. The van der Waals surface area contributed by atoms with E-state index in [1.54, 1.807) is 11.0 Å². The van der Waals surface area contributed by atoms with Crippen LogP contribution in [0.1, 0.15) is 0 Å². The predicted octanol–water partition coefficient (Wildman–Crippen LogP) is 3.03. The molecule has 0 radical (unpaired) electrons. The first-order valence-electron chi connectivity index (χ1n) is 6.53. The molecule has 0 N–H and O–H groups in total. The molecule has 21 heavy (non-hydrogen) atoms. The van der Waals surface area contributed by atoms with Crippen LogP contribution in [0, 0.1) is 5.82 Å². The summed E-state index contributed by atoms with van der Waals surface area (Å²) in [6.45, 7) is 6.89. The molecule has 1 aromatic carbocycles. The normalized spacial score (nSPS) is 16.9. The highest BCUT2D eigenvalue weighted by molar-refractivity contribution is 5.53. The van der Waals surface area contributed by atoms with Crippen molar-refractivity contribution in [1.82, 2.24) is 4.90 Å². The molecule has 7 heteroatoms. The molecule has 1 aliphatic rings. The van der Waals surface area contributed by atoms with Crippen LogP contribution < -0.4 is 9.64 Å². The zero-order valence-electron chi connectivity index (χ0n) is 11.4. The summed E-state index contributed by atoms with van der Waals surface area (Å²) in [7, 11) is 0. The first-order chi connectivity index (χ1) is 9.90. The largest absolute Gasteiger partial charge is 0.573 e. The molecule has 3 nitrogen and oxygen atoms in total. The molecule has 1 heterocycles. The van der Waals surface area contributed by atoms with Gasteiger partial charge < -0.3 is 9.64 Å². The number of anilines is 1. The van der Waals surface area contributed by atoms with Crippen molar-refractivity contribution in [3.05, 3.63) is 36.7 Å². The third kappa shape index (κ3) is 4.10. The molecule has 0 saturated carbocycles. The Morgan fingerprint density at radius 1 is 1.19 bits per heavy atom. The van der Waals surface area contributed by atoms with Crippen LogP contribution in [-0.4, -0.2) is 44.0 Å². The van der Waals surface area contributed by atoms with Crippen molar-refractivity contribution >= 4 is 5.69 Å². The van der Waals surface area contributed by atoms with Gasteiger partial charge in [-0.3, -0.25) is 4.90 Å². The van der Waals surface area contributed by atoms with Crippen LogP contribution in [0.2, 0.25) is 0 Å². The van der Waals surface area contributed by atoms with Crippen LogP contribution in [0.5, 0.6) is 5.75 Å². The number of hydrogen-bond acceptors (Lipinski definition) is 3. The second-order valence-electron chi connectivity index (χ2n) is 4.71. The molecule has 0 aromatic heterocycles. The number of benzene rings is 1. The van der Waals surface area contributed by atoms with Crippen molar-refractivity contribution in [3.63, 3.8) is 0 Å². The van der Waals surface area contributed by atoms with Gasteiger partial charge in [0.25, 0.3) is 0 Å². The van der Waals surface area contributed by atoms with Gasteiger partial charge in [-0.2, -0.15) is 0 Å². The molecule has 1 fully saturated rings. The quantitative estimate of drug-likeness (QED) is 0.628. The van der Waals surface area contributed by atoms with Crippen LogP contribution >= 0.6 is 0 Å². The minimum atomic E-state index is -4.90. The fraction of sp³-hybridized carbons (Fsp3) is 0.429. The Bertz CT molecular complexity index is 496. The number of rotatable bonds is 4. The number of nitrogens with zero attached hydrogens (tertiary/aromatic N) is 2. The maximum absolute atomic E-state index is 14.1. The number of hydrogen-bond donors (Lipinski definition) is 0. The zero-order valence-corrected chi connectivity index (χ0v) is 11.4. The fourth-order valence-corrected chi connectivity index (χ4v) is 2.30. The van der Waals surface area contributed by atoms with E-state index in [9.17, 15) is 17.6 Å². The Hall–Kier alpha value is -1.76. The summed E-state index contributed by atoms with van der Waals surface area (Å²) < 4.78 is 54.5. The van der Waals surface area contributed by atoms with Gasteiger partial charge in [0.05, 0.1) is 5.69 Å². The SMILES string of the molecule is C=CCN1CCN(c2cccc(OC(F)(F)F)c2F)CC1. The molecule has 0 bridgehead atoms. The highest BCUT2D eigenvalue weighted by Crippen LogP contribution is 2.31.